The topological polar surface area (TPSA) is 73.0 Å². The van der Waals surface area contributed by atoms with E-state index >= 15 is 0 Å². The maximum absolute atomic E-state index is 14.9. The monoisotopic (exact) mass is 569 g/mol. The molecule has 0 saturated carbocycles. The van der Waals surface area contributed by atoms with Crippen LogP contribution in [0.25, 0.3) is 22.2 Å². The largest absolute Gasteiger partial charge is 0.359 e. The van der Waals surface area contributed by atoms with Crippen LogP contribution in [0.4, 0.5) is 19.0 Å². The average Bonchev–Trinajstić information content (AvgIpc) is 3.59. The highest BCUT2D eigenvalue weighted by Crippen LogP contribution is 2.41. The van der Waals surface area contributed by atoms with Crippen LogP contribution in [-0.4, -0.2) is 65.0 Å². The van der Waals surface area contributed by atoms with E-state index in [1.54, 1.807) is 15.8 Å². The van der Waals surface area contributed by atoms with Crippen LogP contribution in [-0.2, 0) is 11.5 Å². The van der Waals surface area contributed by atoms with Crippen LogP contribution < -0.4 is 10.2 Å². The van der Waals surface area contributed by atoms with Crippen LogP contribution in [0.15, 0.2) is 42.9 Å². The fraction of sp³-hybridized carbons (Fsp3) is 0.464. The number of nitrogens with zero attached hydrogens (tertiary/aromatic N) is 6. The number of rotatable bonds is 9. The molecule has 6 rings (SSSR count). The Labute approximate surface area is 232 Å². The van der Waals surface area contributed by atoms with Gasteiger partial charge in [0.25, 0.3) is 0 Å². The van der Waals surface area contributed by atoms with Gasteiger partial charge in [-0.1, -0.05) is 19.6 Å². The molecule has 5 heterocycles. The van der Waals surface area contributed by atoms with E-state index in [0.717, 1.165) is 48.5 Å². The maximum Gasteiger partial charge on any atom is 0.162 e. The Bertz CT molecular complexity index is 1510. The molecule has 2 atom stereocenters. The highest BCUT2D eigenvalue weighted by molar-refractivity contribution is 6.76. The van der Waals surface area contributed by atoms with Gasteiger partial charge in [0.1, 0.15) is 24.5 Å². The second kappa shape index (κ2) is 10.6. The molecule has 0 spiro atoms. The molecule has 0 amide bonds. The number of benzene rings is 1. The van der Waals surface area contributed by atoms with E-state index in [2.05, 4.69) is 30.1 Å². The smallest absolute Gasteiger partial charge is 0.162 e. The van der Waals surface area contributed by atoms with Gasteiger partial charge in [-0.3, -0.25) is 4.68 Å². The van der Waals surface area contributed by atoms with Gasteiger partial charge in [0, 0.05) is 63.3 Å². The van der Waals surface area contributed by atoms with Crippen molar-refractivity contribution in [3.8, 4) is 11.1 Å². The molecule has 1 aromatic carbocycles. The summed E-state index contributed by atoms with van der Waals surface area (Å²) in [5.41, 5.74) is 2.46. The zero-order chi connectivity index (χ0) is 28.0. The second-order valence-corrected chi connectivity index (χ2v) is 17.6. The standard InChI is InChI=1S/C28H34F3N7OSi/c1-40(2,3)7-6-39-17-38-27-24(8-18(11-33-27)19-12-34-37(15-19)22-13-32-14-22)28(35-38)36-16-21(30)10-26(36)23-9-20(29)4-5-25(23)31/h4-5,8-9,11-12,15,21-22,26,32H,6-7,10,13-14,16-17H2,1-3H3/t21-,26+/m0/s1. The first-order valence-corrected chi connectivity index (χ1v) is 17.4. The third kappa shape index (κ3) is 5.39. The minimum Gasteiger partial charge on any atom is -0.359 e. The molecule has 2 aliphatic heterocycles. The first kappa shape index (κ1) is 27.0. The predicted molar refractivity (Wildman–Crippen MR) is 151 cm³/mol. The van der Waals surface area contributed by atoms with Gasteiger partial charge in [0.05, 0.1) is 30.2 Å². The normalized spacial score (nSPS) is 20.0. The third-order valence-electron chi connectivity index (χ3n) is 7.69. The van der Waals surface area contributed by atoms with Gasteiger partial charge in [-0.05, 0) is 30.3 Å². The van der Waals surface area contributed by atoms with Crippen LogP contribution >= 0.6 is 0 Å². The number of aromatic nitrogens is 5. The Kier molecular flexibility index (Phi) is 7.17. The minimum atomic E-state index is -1.28. The fourth-order valence-corrected chi connectivity index (χ4v) is 6.02. The Morgan fingerprint density at radius 1 is 1.10 bits per heavy atom. The number of halogens is 3. The summed E-state index contributed by atoms with van der Waals surface area (Å²) in [4.78, 5) is 6.47. The van der Waals surface area contributed by atoms with Gasteiger partial charge >= 0.3 is 0 Å². The number of alkyl halides is 1. The molecule has 212 valence electrons. The van der Waals surface area contributed by atoms with E-state index < -0.39 is 31.9 Å². The predicted octanol–water partition coefficient (Wildman–Crippen LogP) is 5.32. The highest BCUT2D eigenvalue weighted by atomic mass is 28.3. The van der Waals surface area contributed by atoms with Gasteiger partial charge in [-0.2, -0.15) is 10.2 Å². The van der Waals surface area contributed by atoms with E-state index in [1.807, 2.05) is 23.1 Å². The van der Waals surface area contributed by atoms with Gasteiger partial charge in [0.15, 0.2) is 11.5 Å². The lowest BCUT2D eigenvalue weighted by atomic mass is 10.0. The number of anilines is 1. The molecule has 2 saturated heterocycles. The van der Waals surface area contributed by atoms with Crippen molar-refractivity contribution >= 4 is 24.9 Å². The number of fused-ring (bicyclic) bond motifs is 1. The summed E-state index contributed by atoms with van der Waals surface area (Å²) in [6, 6.07) is 5.90. The SMILES string of the molecule is C[Si](C)(C)CCOCn1nc(N2C[C@@H](F)C[C@@H]2c2cc(F)ccc2F)c2cc(-c3cnn(C4CNC4)c3)cnc21. The van der Waals surface area contributed by atoms with Crippen LogP contribution in [0.1, 0.15) is 24.1 Å². The van der Waals surface area contributed by atoms with Crippen molar-refractivity contribution < 1.29 is 17.9 Å². The maximum atomic E-state index is 14.9. The zero-order valence-corrected chi connectivity index (χ0v) is 23.9. The average molecular weight is 570 g/mol. The molecule has 1 N–H and O–H groups in total. The first-order valence-electron chi connectivity index (χ1n) is 13.7. The molecule has 3 aromatic heterocycles. The van der Waals surface area contributed by atoms with Crippen LogP contribution in [0.5, 0.6) is 0 Å². The summed E-state index contributed by atoms with van der Waals surface area (Å²) < 4.78 is 53.5. The molecular weight excluding hydrogens is 535 g/mol. The number of nitrogens with one attached hydrogen (secondary N) is 1. The molecule has 2 aliphatic rings. The molecule has 0 aliphatic carbocycles. The van der Waals surface area contributed by atoms with Crippen molar-refractivity contribution in [2.24, 2.45) is 0 Å². The molecule has 2 fully saturated rings. The zero-order valence-electron chi connectivity index (χ0n) is 22.9. The van der Waals surface area contributed by atoms with Gasteiger partial charge in [-0.15, -0.1) is 0 Å². The van der Waals surface area contributed by atoms with Gasteiger partial charge < -0.3 is 15.0 Å². The lowest BCUT2D eigenvalue weighted by Gasteiger charge is -2.27. The number of hydrogen-bond acceptors (Lipinski definition) is 6. The van der Waals surface area contributed by atoms with Crippen LogP contribution in [0.3, 0.4) is 0 Å². The van der Waals surface area contributed by atoms with E-state index in [9.17, 15) is 13.2 Å². The summed E-state index contributed by atoms with van der Waals surface area (Å²) in [6.45, 7) is 9.43. The summed E-state index contributed by atoms with van der Waals surface area (Å²) in [6.07, 6.45) is 4.40. The van der Waals surface area contributed by atoms with Crippen LogP contribution in [0.2, 0.25) is 25.7 Å². The van der Waals surface area contributed by atoms with Crippen molar-refractivity contribution in [1.29, 1.82) is 0 Å². The van der Waals surface area contributed by atoms with E-state index in [-0.39, 0.29) is 25.3 Å². The third-order valence-corrected chi connectivity index (χ3v) is 9.39. The van der Waals surface area contributed by atoms with Crippen molar-refractivity contribution in [1.82, 2.24) is 29.9 Å². The minimum absolute atomic E-state index is 0.0139. The highest BCUT2D eigenvalue weighted by Gasteiger charge is 2.37. The summed E-state index contributed by atoms with van der Waals surface area (Å²) in [5.74, 6) is -0.657. The van der Waals surface area contributed by atoms with Crippen molar-refractivity contribution in [3.05, 3.63) is 60.1 Å². The Balaban J connectivity index is 1.39. The van der Waals surface area contributed by atoms with Crippen LogP contribution in [0, 0.1) is 11.6 Å². The molecule has 12 heteroatoms. The molecule has 40 heavy (non-hydrogen) atoms. The van der Waals surface area contributed by atoms with Crippen molar-refractivity contribution in [3.63, 3.8) is 0 Å². The van der Waals surface area contributed by atoms with Crippen molar-refractivity contribution in [2.45, 2.75) is 57.1 Å². The molecule has 4 aromatic rings. The van der Waals surface area contributed by atoms with E-state index in [4.69, 9.17) is 14.8 Å². The lowest BCUT2D eigenvalue weighted by Crippen LogP contribution is -2.43. The molecule has 0 bridgehead atoms. The lowest BCUT2D eigenvalue weighted by molar-refractivity contribution is 0.0814. The molecule has 0 radical (unpaired) electrons. The first-order chi connectivity index (χ1) is 19.2. The molecule has 8 nitrogen and oxygen atoms in total. The number of ether oxygens (including phenoxy) is 1. The fourth-order valence-electron chi connectivity index (χ4n) is 5.26. The quantitative estimate of drug-likeness (QED) is 0.217. The van der Waals surface area contributed by atoms with Gasteiger partial charge in [-0.25, -0.2) is 22.8 Å². The van der Waals surface area contributed by atoms with E-state index in [1.165, 1.54) is 0 Å². The van der Waals surface area contributed by atoms with Crippen molar-refractivity contribution in [2.75, 3.05) is 31.1 Å². The number of hydrogen-bond donors (Lipinski definition) is 1. The summed E-state index contributed by atoms with van der Waals surface area (Å²) in [5, 5.41) is 13.3. The Morgan fingerprint density at radius 3 is 2.67 bits per heavy atom. The molecular formula is C28H34F3N7OSi. The second-order valence-electron chi connectivity index (χ2n) is 12.0. The Hall–Kier alpha value is -3.22. The van der Waals surface area contributed by atoms with Gasteiger partial charge in [0.2, 0.25) is 0 Å². The van der Waals surface area contributed by atoms with E-state index in [0.29, 0.717) is 29.5 Å². The number of pyridine rings is 1. The summed E-state index contributed by atoms with van der Waals surface area (Å²) >= 11 is 0. The molecule has 0 unspecified atom stereocenters. The Morgan fingerprint density at radius 2 is 1.93 bits per heavy atom. The summed E-state index contributed by atoms with van der Waals surface area (Å²) in [7, 11) is -1.28.